The van der Waals surface area contributed by atoms with E-state index in [1.54, 1.807) is 13.0 Å². The minimum absolute atomic E-state index is 0.0386. The number of carbonyl (C=O) groups excluding carboxylic acids is 1. The minimum atomic E-state index is -0.450. The molecule has 3 nitrogen and oxygen atoms in total. The lowest BCUT2D eigenvalue weighted by atomic mass is 10.0. The predicted molar refractivity (Wildman–Crippen MR) is 53.6 cm³/mol. The van der Waals surface area contributed by atoms with Crippen molar-refractivity contribution in [1.29, 1.82) is 0 Å². The van der Waals surface area contributed by atoms with Gasteiger partial charge < -0.3 is 10.5 Å². The average molecular weight is 191 g/mol. The largest absolute Gasteiger partial charge is 0.493 e. The summed E-state index contributed by atoms with van der Waals surface area (Å²) in [4.78, 5) is 11.6. The highest BCUT2D eigenvalue weighted by atomic mass is 16.5. The summed E-state index contributed by atoms with van der Waals surface area (Å²) in [6.45, 7) is 2.40. The Morgan fingerprint density at radius 3 is 3.07 bits per heavy atom. The van der Waals surface area contributed by atoms with Crippen LogP contribution in [0.15, 0.2) is 18.2 Å². The van der Waals surface area contributed by atoms with Crippen LogP contribution < -0.4 is 10.5 Å². The summed E-state index contributed by atoms with van der Waals surface area (Å²) in [6.07, 6.45) is 0.933. The highest BCUT2D eigenvalue weighted by molar-refractivity contribution is 6.00. The van der Waals surface area contributed by atoms with Gasteiger partial charge in [0.2, 0.25) is 0 Å². The van der Waals surface area contributed by atoms with E-state index in [1.807, 2.05) is 12.1 Å². The van der Waals surface area contributed by atoms with Crippen molar-refractivity contribution in [3.63, 3.8) is 0 Å². The number of ether oxygens (including phenoxy) is 1. The molecule has 14 heavy (non-hydrogen) atoms. The van der Waals surface area contributed by atoms with Crippen LogP contribution in [0.3, 0.4) is 0 Å². The molecule has 0 aliphatic carbocycles. The third-order valence-electron chi connectivity index (χ3n) is 2.39. The molecule has 0 aromatic heterocycles. The van der Waals surface area contributed by atoms with E-state index in [2.05, 4.69) is 0 Å². The zero-order valence-electron chi connectivity index (χ0n) is 8.12. The van der Waals surface area contributed by atoms with Crippen molar-refractivity contribution in [2.24, 2.45) is 5.73 Å². The van der Waals surface area contributed by atoms with Crippen molar-refractivity contribution in [3.05, 3.63) is 29.3 Å². The second-order valence-corrected chi connectivity index (χ2v) is 3.57. The summed E-state index contributed by atoms with van der Waals surface area (Å²) in [7, 11) is 0. The maximum atomic E-state index is 11.6. The first-order chi connectivity index (χ1) is 6.68. The first kappa shape index (κ1) is 9.21. The van der Waals surface area contributed by atoms with Crippen molar-refractivity contribution in [3.8, 4) is 5.75 Å². The first-order valence-corrected chi connectivity index (χ1v) is 4.74. The number of hydrogen-bond acceptors (Lipinski definition) is 3. The summed E-state index contributed by atoms with van der Waals surface area (Å²) in [5.74, 6) is 0.791. The first-order valence-electron chi connectivity index (χ1n) is 4.74. The van der Waals surface area contributed by atoms with Crippen LogP contribution in [0.5, 0.6) is 5.75 Å². The van der Waals surface area contributed by atoms with Crippen molar-refractivity contribution in [2.75, 3.05) is 6.61 Å². The molecule has 0 radical (unpaired) electrons. The van der Waals surface area contributed by atoms with Crippen LogP contribution in [0.25, 0.3) is 0 Å². The van der Waals surface area contributed by atoms with E-state index in [0.717, 1.165) is 12.2 Å². The van der Waals surface area contributed by atoms with Gasteiger partial charge in [-0.05, 0) is 18.6 Å². The fourth-order valence-corrected chi connectivity index (χ4v) is 1.58. The van der Waals surface area contributed by atoms with Crippen LogP contribution >= 0.6 is 0 Å². The topological polar surface area (TPSA) is 52.3 Å². The Kier molecular flexibility index (Phi) is 2.25. The molecular formula is C11H13NO2. The van der Waals surface area contributed by atoms with E-state index >= 15 is 0 Å². The van der Waals surface area contributed by atoms with Gasteiger partial charge in [-0.25, -0.2) is 0 Å². The van der Waals surface area contributed by atoms with Crippen LogP contribution in [-0.2, 0) is 6.42 Å². The maximum Gasteiger partial charge on any atom is 0.179 e. The summed E-state index contributed by atoms with van der Waals surface area (Å²) >= 11 is 0. The Labute approximate surface area is 82.9 Å². The van der Waals surface area contributed by atoms with Gasteiger partial charge in [0.1, 0.15) is 5.75 Å². The van der Waals surface area contributed by atoms with Crippen LogP contribution in [-0.4, -0.2) is 18.4 Å². The van der Waals surface area contributed by atoms with Gasteiger partial charge in [0, 0.05) is 12.0 Å². The predicted octanol–water partition coefficient (Wildman–Crippen LogP) is 1.15. The molecule has 1 aliphatic heterocycles. The number of rotatable bonds is 2. The number of nitrogens with two attached hydrogens (primary N) is 1. The lowest BCUT2D eigenvalue weighted by Crippen LogP contribution is -2.26. The molecule has 3 heteroatoms. The second kappa shape index (κ2) is 3.42. The molecule has 0 unspecified atom stereocenters. The lowest BCUT2D eigenvalue weighted by molar-refractivity contribution is 0.0967. The third-order valence-corrected chi connectivity index (χ3v) is 2.39. The van der Waals surface area contributed by atoms with E-state index in [-0.39, 0.29) is 5.78 Å². The van der Waals surface area contributed by atoms with E-state index in [9.17, 15) is 4.79 Å². The Balaban J connectivity index is 2.33. The molecule has 0 amide bonds. The summed E-state index contributed by atoms with van der Waals surface area (Å²) in [5.41, 5.74) is 7.33. The van der Waals surface area contributed by atoms with Gasteiger partial charge in [-0.1, -0.05) is 12.1 Å². The number of carbonyl (C=O) groups is 1. The van der Waals surface area contributed by atoms with Gasteiger partial charge >= 0.3 is 0 Å². The molecule has 1 aliphatic rings. The molecule has 1 atom stereocenters. The minimum Gasteiger partial charge on any atom is -0.493 e. The second-order valence-electron chi connectivity index (χ2n) is 3.57. The molecule has 2 N–H and O–H groups in total. The van der Waals surface area contributed by atoms with Gasteiger partial charge in [0.25, 0.3) is 0 Å². The standard InChI is InChI=1S/C11H13NO2/c1-7(12)11(13)9-3-2-8-4-5-14-10(8)6-9/h2-3,6-7H,4-5,12H2,1H3/t7-/m1/s1. The maximum absolute atomic E-state index is 11.6. The molecular weight excluding hydrogens is 178 g/mol. The third kappa shape index (κ3) is 1.51. The highest BCUT2D eigenvalue weighted by Gasteiger charge is 2.16. The highest BCUT2D eigenvalue weighted by Crippen LogP contribution is 2.26. The van der Waals surface area contributed by atoms with Crippen LogP contribution in [0.4, 0.5) is 0 Å². The normalized spacial score (nSPS) is 15.9. The Bertz CT molecular complexity index is 372. The fraction of sp³-hybridized carbons (Fsp3) is 0.364. The summed E-state index contributed by atoms with van der Waals surface area (Å²) in [5, 5.41) is 0. The molecule has 0 fully saturated rings. The number of benzene rings is 1. The molecule has 0 bridgehead atoms. The summed E-state index contributed by atoms with van der Waals surface area (Å²) in [6, 6.07) is 5.10. The molecule has 0 saturated carbocycles. The molecule has 1 aromatic carbocycles. The molecule has 1 aromatic rings. The Morgan fingerprint density at radius 1 is 1.57 bits per heavy atom. The molecule has 1 heterocycles. The van der Waals surface area contributed by atoms with Crippen molar-refractivity contribution >= 4 is 5.78 Å². The van der Waals surface area contributed by atoms with Gasteiger partial charge in [-0.2, -0.15) is 0 Å². The number of fused-ring (bicyclic) bond motifs is 1. The van der Waals surface area contributed by atoms with Gasteiger partial charge in [-0.15, -0.1) is 0 Å². The van der Waals surface area contributed by atoms with E-state index in [1.165, 1.54) is 5.56 Å². The SMILES string of the molecule is C[C@@H](N)C(=O)c1ccc2c(c1)OCC2. The lowest BCUT2D eigenvalue weighted by Gasteiger charge is -2.05. The van der Waals surface area contributed by atoms with Gasteiger partial charge in [-0.3, -0.25) is 4.79 Å². The van der Waals surface area contributed by atoms with Gasteiger partial charge in [0.15, 0.2) is 5.78 Å². The van der Waals surface area contributed by atoms with Gasteiger partial charge in [0.05, 0.1) is 12.6 Å². The van der Waals surface area contributed by atoms with Crippen molar-refractivity contribution < 1.29 is 9.53 Å². The molecule has 2 rings (SSSR count). The Hall–Kier alpha value is -1.35. The zero-order chi connectivity index (χ0) is 10.1. The van der Waals surface area contributed by atoms with Crippen molar-refractivity contribution in [1.82, 2.24) is 0 Å². The van der Waals surface area contributed by atoms with E-state index in [4.69, 9.17) is 10.5 Å². The van der Waals surface area contributed by atoms with E-state index in [0.29, 0.717) is 12.2 Å². The smallest absolute Gasteiger partial charge is 0.179 e. The fourth-order valence-electron chi connectivity index (χ4n) is 1.58. The molecule has 0 spiro atoms. The quantitative estimate of drug-likeness (QED) is 0.713. The number of ketones is 1. The Morgan fingerprint density at radius 2 is 2.36 bits per heavy atom. The number of Topliss-reactive ketones (excluding diaryl/α,β-unsaturated/α-hetero) is 1. The van der Waals surface area contributed by atoms with Crippen LogP contribution in [0.1, 0.15) is 22.8 Å². The van der Waals surface area contributed by atoms with E-state index < -0.39 is 6.04 Å². The van der Waals surface area contributed by atoms with Crippen LogP contribution in [0.2, 0.25) is 0 Å². The molecule has 0 saturated heterocycles. The van der Waals surface area contributed by atoms with Crippen LogP contribution in [0, 0.1) is 0 Å². The molecule has 74 valence electrons. The summed E-state index contributed by atoms with van der Waals surface area (Å²) < 4.78 is 5.38. The monoisotopic (exact) mass is 191 g/mol. The zero-order valence-corrected chi connectivity index (χ0v) is 8.12. The average Bonchev–Trinajstić information content (AvgIpc) is 2.62. The van der Waals surface area contributed by atoms with Crippen molar-refractivity contribution in [2.45, 2.75) is 19.4 Å². The number of hydrogen-bond donors (Lipinski definition) is 1.